The molecule has 1 aliphatic rings. The molecule has 3 amide bonds. The fourth-order valence-electron chi connectivity index (χ4n) is 4.00. The van der Waals surface area contributed by atoms with Crippen molar-refractivity contribution in [1.82, 2.24) is 0 Å². The highest BCUT2D eigenvalue weighted by Gasteiger charge is 2.29. The van der Waals surface area contributed by atoms with E-state index in [4.69, 9.17) is 17.2 Å². The number of carbonyl (C=O) groups is 3. The molecule has 6 heteroatoms. The van der Waals surface area contributed by atoms with Gasteiger partial charge in [-0.15, -0.1) is 0 Å². The van der Waals surface area contributed by atoms with Crippen LogP contribution >= 0.6 is 0 Å². The van der Waals surface area contributed by atoms with E-state index < -0.39 is 17.7 Å². The van der Waals surface area contributed by atoms with Crippen molar-refractivity contribution in [3.63, 3.8) is 0 Å². The molecule has 0 saturated heterocycles. The van der Waals surface area contributed by atoms with Crippen LogP contribution in [0.5, 0.6) is 0 Å². The molecular formula is C19H27N3O3. The predicted molar refractivity (Wildman–Crippen MR) is 96.1 cm³/mol. The summed E-state index contributed by atoms with van der Waals surface area (Å²) in [5, 5.41) is 0. The van der Waals surface area contributed by atoms with Gasteiger partial charge in [0.05, 0.1) is 0 Å². The molecule has 6 nitrogen and oxygen atoms in total. The molecule has 0 spiro atoms. The molecule has 25 heavy (non-hydrogen) atoms. The SMILES string of the molecule is CC(C)CC1CCC(c2c(C(N)=O)cc(C(N)=O)cc2C(N)=O)CC1. The van der Waals surface area contributed by atoms with Gasteiger partial charge in [-0.3, -0.25) is 14.4 Å². The quantitative estimate of drug-likeness (QED) is 0.731. The second-order valence-corrected chi connectivity index (χ2v) is 7.42. The zero-order chi connectivity index (χ0) is 18.7. The van der Waals surface area contributed by atoms with Crippen LogP contribution in [0.1, 0.15) is 88.5 Å². The Morgan fingerprint density at radius 2 is 1.40 bits per heavy atom. The number of benzene rings is 1. The van der Waals surface area contributed by atoms with Crippen molar-refractivity contribution >= 4 is 17.7 Å². The Morgan fingerprint density at radius 3 is 1.76 bits per heavy atom. The molecule has 0 bridgehead atoms. The highest BCUT2D eigenvalue weighted by molar-refractivity contribution is 6.05. The van der Waals surface area contributed by atoms with Crippen LogP contribution < -0.4 is 17.2 Å². The maximum absolute atomic E-state index is 11.9. The average molecular weight is 345 g/mol. The van der Waals surface area contributed by atoms with Gasteiger partial charge in [-0.2, -0.15) is 0 Å². The highest BCUT2D eigenvalue weighted by Crippen LogP contribution is 2.40. The topological polar surface area (TPSA) is 129 Å². The standard InChI is InChI=1S/C19H27N3O3/c1-10(2)7-11-3-5-12(6-4-11)16-14(18(21)24)8-13(17(20)23)9-15(16)19(22)25/h8-12H,3-7H2,1-2H3,(H2,20,23)(H2,21,24)(H2,22,25). The van der Waals surface area contributed by atoms with Gasteiger partial charge in [0.2, 0.25) is 17.7 Å². The van der Waals surface area contributed by atoms with Crippen LogP contribution in [0.4, 0.5) is 0 Å². The van der Waals surface area contributed by atoms with Gasteiger partial charge in [0.1, 0.15) is 0 Å². The van der Waals surface area contributed by atoms with E-state index in [0.29, 0.717) is 17.4 Å². The fourth-order valence-corrected chi connectivity index (χ4v) is 4.00. The lowest BCUT2D eigenvalue weighted by Gasteiger charge is -2.31. The molecule has 0 unspecified atom stereocenters. The number of nitrogens with two attached hydrogens (primary N) is 3. The third kappa shape index (κ3) is 4.38. The van der Waals surface area contributed by atoms with Crippen molar-refractivity contribution in [2.45, 2.75) is 51.9 Å². The fraction of sp³-hybridized carbons (Fsp3) is 0.526. The van der Waals surface area contributed by atoms with E-state index in [1.807, 2.05) is 0 Å². The van der Waals surface area contributed by atoms with Crippen LogP contribution in [0, 0.1) is 11.8 Å². The van der Waals surface area contributed by atoms with Crippen LogP contribution in [0.2, 0.25) is 0 Å². The Labute approximate surface area is 148 Å². The Balaban J connectivity index is 2.41. The first-order chi connectivity index (χ1) is 11.7. The number of hydrogen-bond acceptors (Lipinski definition) is 3. The third-order valence-electron chi connectivity index (χ3n) is 5.06. The van der Waals surface area contributed by atoms with Crippen molar-refractivity contribution in [3.8, 4) is 0 Å². The minimum absolute atomic E-state index is 0.0374. The average Bonchev–Trinajstić information content (AvgIpc) is 2.53. The van der Waals surface area contributed by atoms with Crippen LogP contribution in [0.3, 0.4) is 0 Å². The summed E-state index contributed by atoms with van der Waals surface area (Å²) in [6, 6.07) is 2.76. The van der Waals surface area contributed by atoms with Gasteiger partial charge in [-0.25, -0.2) is 0 Å². The molecule has 136 valence electrons. The molecule has 1 saturated carbocycles. The molecular weight excluding hydrogens is 318 g/mol. The number of carbonyl (C=O) groups excluding carboxylic acids is 3. The second-order valence-electron chi connectivity index (χ2n) is 7.42. The normalized spacial score (nSPS) is 20.4. The molecule has 0 heterocycles. The smallest absolute Gasteiger partial charge is 0.249 e. The van der Waals surface area contributed by atoms with Crippen molar-refractivity contribution in [3.05, 3.63) is 34.4 Å². The van der Waals surface area contributed by atoms with Crippen LogP contribution in [0.25, 0.3) is 0 Å². The summed E-state index contributed by atoms with van der Waals surface area (Å²) in [4.78, 5) is 35.4. The Kier molecular flexibility index (Phi) is 5.82. The highest BCUT2D eigenvalue weighted by atomic mass is 16.2. The van der Waals surface area contributed by atoms with Gasteiger partial charge in [-0.05, 0) is 67.6 Å². The van der Waals surface area contributed by atoms with Crippen LogP contribution in [-0.4, -0.2) is 17.7 Å². The molecule has 1 aromatic rings. The molecule has 2 rings (SSSR count). The van der Waals surface area contributed by atoms with Crippen molar-refractivity contribution in [1.29, 1.82) is 0 Å². The summed E-state index contributed by atoms with van der Waals surface area (Å²) in [7, 11) is 0. The van der Waals surface area contributed by atoms with E-state index in [9.17, 15) is 14.4 Å². The molecule has 6 N–H and O–H groups in total. The van der Waals surface area contributed by atoms with Crippen LogP contribution in [0.15, 0.2) is 12.1 Å². The first kappa shape index (κ1) is 19.0. The van der Waals surface area contributed by atoms with E-state index in [1.54, 1.807) is 0 Å². The zero-order valence-electron chi connectivity index (χ0n) is 14.9. The summed E-state index contributed by atoms with van der Waals surface area (Å²) >= 11 is 0. The lowest BCUT2D eigenvalue weighted by molar-refractivity contribution is 0.0997. The van der Waals surface area contributed by atoms with Crippen molar-refractivity contribution in [2.24, 2.45) is 29.0 Å². The Morgan fingerprint density at radius 1 is 0.920 bits per heavy atom. The van der Waals surface area contributed by atoms with Crippen LogP contribution in [-0.2, 0) is 0 Å². The second kappa shape index (κ2) is 7.68. The molecule has 1 aromatic carbocycles. The maximum Gasteiger partial charge on any atom is 0.249 e. The maximum atomic E-state index is 11.9. The van der Waals surface area contributed by atoms with E-state index in [2.05, 4.69) is 13.8 Å². The largest absolute Gasteiger partial charge is 0.366 e. The number of rotatable bonds is 6. The summed E-state index contributed by atoms with van der Waals surface area (Å²) in [5.74, 6) is -0.726. The predicted octanol–water partition coefficient (Wildman–Crippen LogP) is 2.30. The van der Waals surface area contributed by atoms with Crippen molar-refractivity contribution in [2.75, 3.05) is 0 Å². The first-order valence-corrected chi connectivity index (χ1v) is 8.78. The molecule has 0 aromatic heterocycles. The summed E-state index contributed by atoms with van der Waals surface area (Å²) in [5.41, 5.74) is 17.3. The Hall–Kier alpha value is -2.37. The van der Waals surface area contributed by atoms with Gasteiger partial charge in [0.15, 0.2) is 0 Å². The zero-order valence-corrected chi connectivity index (χ0v) is 14.9. The molecule has 1 aliphatic carbocycles. The first-order valence-electron chi connectivity index (χ1n) is 8.78. The van der Waals surface area contributed by atoms with Crippen molar-refractivity contribution < 1.29 is 14.4 Å². The molecule has 1 fully saturated rings. The number of hydrogen-bond donors (Lipinski definition) is 3. The minimum atomic E-state index is -0.725. The third-order valence-corrected chi connectivity index (χ3v) is 5.06. The van der Waals surface area contributed by atoms with E-state index in [0.717, 1.165) is 25.7 Å². The van der Waals surface area contributed by atoms with Gasteiger partial charge >= 0.3 is 0 Å². The summed E-state index contributed by atoms with van der Waals surface area (Å²) in [6.45, 7) is 4.43. The minimum Gasteiger partial charge on any atom is -0.366 e. The lowest BCUT2D eigenvalue weighted by atomic mass is 9.73. The molecule has 0 atom stereocenters. The lowest BCUT2D eigenvalue weighted by Crippen LogP contribution is -2.26. The van der Waals surface area contributed by atoms with E-state index >= 15 is 0 Å². The van der Waals surface area contributed by atoms with Gasteiger partial charge in [0, 0.05) is 16.7 Å². The summed E-state index contributed by atoms with van der Waals surface area (Å²) in [6.07, 6.45) is 4.99. The number of primary amides is 3. The van der Waals surface area contributed by atoms with Gasteiger partial charge in [0.25, 0.3) is 0 Å². The number of amides is 3. The van der Waals surface area contributed by atoms with E-state index in [-0.39, 0.29) is 22.6 Å². The van der Waals surface area contributed by atoms with Gasteiger partial charge in [-0.1, -0.05) is 13.8 Å². The van der Waals surface area contributed by atoms with E-state index in [1.165, 1.54) is 18.6 Å². The molecule has 0 radical (unpaired) electrons. The monoisotopic (exact) mass is 345 g/mol. The Bertz CT molecular complexity index is 654. The van der Waals surface area contributed by atoms with Gasteiger partial charge < -0.3 is 17.2 Å². The molecule has 0 aliphatic heterocycles. The summed E-state index contributed by atoms with van der Waals surface area (Å²) < 4.78 is 0.